The highest BCUT2D eigenvalue weighted by Gasteiger charge is 2.25. The average Bonchev–Trinajstić information content (AvgIpc) is 3.05. The first kappa shape index (κ1) is 20.7. The number of ketones is 1. The van der Waals surface area contributed by atoms with Gasteiger partial charge in [-0.3, -0.25) is 9.80 Å². The van der Waals surface area contributed by atoms with Crippen LogP contribution in [-0.4, -0.2) is 35.9 Å². The van der Waals surface area contributed by atoms with Gasteiger partial charge < -0.3 is 20.2 Å². The number of nitrogens with one attached hydrogen (secondary N) is 1. The number of aromatic nitrogens is 2. The molecule has 0 saturated carbocycles. The van der Waals surface area contributed by atoms with Gasteiger partial charge in [0.15, 0.2) is 5.82 Å². The van der Waals surface area contributed by atoms with Gasteiger partial charge >= 0.3 is 5.97 Å². The van der Waals surface area contributed by atoms with E-state index < -0.39 is 11.8 Å². The van der Waals surface area contributed by atoms with Crippen molar-refractivity contribution in [2.75, 3.05) is 19.2 Å². The fourth-order valence-corrected chi connectivity index (χ4v) is 2.12. The number of Topliss-reactive ketones (excluding diaryl/α,β-unsaturated/α-hetero) is 1. The molecule has 0 fully saturated rings. The van der Waals surface area contributed by atoms with Crippen LogP contribution in [0.25, 0.3) is 10.9 Å². The fraction of sp³-hybridized carbons (Fsp3) is 0.214. The molecule has 9 nitrogen and oxygen atoms in total. The smallest absolute Gasteiger partial charge is 0.379 e. The van der Waals surface area contributed by atoms with Gasteiger partial charge in [-0.2, -0.15) is 0 Å². The molecule has 0 bridgehead atoms. The van der Waals surface area contributed by atoms with Crippen molar-refractivity contribution in [3.05, 3.63) is 29.9 Å². The summed E-state index contributed by atoms with van der Waals surface area (Å²) in [7, 11) is 2.56. The largest absolute Gasteiger partial charge is 0.494 e. The zero-order valence-corrected chi connectivity index (χ0v) is 15.6. The van der Waals surface area contributed by atoms with E-state index in [0.717, 1.165) is 7.11 Å². The Morgan fingerprint density at radius 2 is 2.00 bits per heavy atom. The van der Waals surface area contributed by atoms with Crippen LogP contribution < -0.4 is 21.3 Å². The molecule has 2 aromatic rings. The Morgan fingerprint density at radius 3 is 2.52 bits per heavy atom. The summed E-state index contributed by atoms with van der Waals surface area (Å²) in [5.74, 6) is 4.75. The number of thiol groups is 2. The van der Waals surface area contributed by atoms with Crippen molar-refractivity contribution in [2.24, 2.45) is 11.6 Å². The highest BCUT2D eigenvalue weighted by atomic mass is 33.1. The number of carbonyl (C=O) groups is 2. The summed E-state index contributed by atoms with van der Waals surface area (Å²) in [6.45, 7) is 1.67. The lowest BCUT2D eigenvalue weighted by molar-refractivity contribution is -0.135. The average molecular weight is 385 g/mol. The molecule has 0 unspecified atom stereocenters. The maximum atomic E-state index is 12.1. The molecule has 136 valence electrons. The first-order valence-corrected chi connectivity index (χ1v) is 8.35. The highest BCUT2D eigenvalue weighted by Crippen LogP contribution is 2.33. The summed E-state index contributed by atoms with van der Waals surface area (Å²) in [6, 6.07) is 0. The van der Waals surface area contributed by atoms with Crippen LogP contribution in [-0.2, 0) is 9.53 Å². The second kappa shape index (κ2) is 9.20. The molecular weight excluding hydrogens is 366 g/mol. The first-order valence-electron chi connectivity index (χ1n) is 6.75. The van der Waals surface area contributed by atoms with Crippen LogP contribution in [0, 0.1) is 0 Å². The molecule has 0 atom stereocenters. The number of ether oxygens (including phenoxy) is 2. The van der Waals surface area contributed by atoms with Crippen LogP contribution in [0.2, 0.25) is 0 Å². The Morgan fingerprint density at radius 1 is 1.36 bits per heavy atom. The summed E-state index contributed by atoms with van der Waals surface area (Å²) in [5, 5.41) is 1.59. The molecule has 0 aliphatic carbocycles. The Kier molecular flexibility index (Phi) is 7.61. The van der Waals surface area contributed by atoms with E-state index in [1.54, 1.807) is 6.92 Å². The topological polar surface area (TPSA) is 137 Å². The lowest BCUT2D eigenvalue weighted by atomic mass is 10.1. The lowest BCUT2D eigenvalue weighted by Crippen LogP contribution is -2.27. The number of aromatic amines is 1. The number of carbonyl (C=O) groups excluding carboxylic acids is 2. The zero-order valence-electron chi connectivity index (χ0n) is 13.8. The predicted molar refractivity (Wildman–Crippen MR) is 102 cm³/mol. The minimum atomic E-state index is -0.978. The molecular formula is C14H19N5O4S2. The number of allylic oxidation sites excluding steroid dienone is 1. The van der Waals surface area contributed by atoms with E-state index in [4.69, 9.17) is 16.3 Å². The maximum absolute atomic E-state index is 12.1. The van der Waals surface area contributed by atoms with Crippen LogP contribution in [0.1, 0.15) is 17.3 Å². The standard InChI is InChI=1S/C14H17N5O4.H2S2/c1-7(15)6-19(16)13-11-10(9(22-2)5-18-13)8(4-17-11)12(20)14(21)23-3;1-2/h4-6,17H,15-16H2,1-3H3;1-2H/b7-6-;. The number of rotatable bonds is 5. The Balaban J connectivity index is 0.00000151. The van der Waals surface area contributed by atoms with Crippen molar-refractivity contribution >= 4 is 51.8 Å². The Labute approximate surface area is 154 Å². The van der Waals surface area contributed by atoms with Gasteiger partial charge in [-0.25, -0.2) is 15.6 Å². The summed E-state index contributed by atoms with van der Waals surface area (Å²) in [4.78, 5) is 30.7. The van der Waals surface area contributed by atoms with Gasteiger partial charge in [0, 0.05) is 18.1 Å². The number of esters is 1. The maximum Gasteiger partial charge on any atom is 0.379 e. The van der Waals surface area contributed by atoms with Crippen LogP contribution in [0.3, 0.4) is 0 Å². The van der Waals surface area contributed by atoms with Gasteiger partial charge in [0.1, 0.15) is 5.75 Å². The zero-order chi connectivity index (χ0) is 19.1. The molecule has 25 heavy (non-hydrogen) atoms. The number of hydrazine groups is 1. The third-order valence-corrected chi connectivity index (χ3v) is 3.08. The molecule has 0 amide bonds. The molecule has 0 aromatic carbocycles. The number of nitrogens with zero attached hydrogens (tertiary/aromatic N) is 2. The van der Waals surface area contributed by atoms with Gasteiger partial charge in [-0.15, -0.1) is 23.3 Å². The number of methoxy groups -OCH3 is 2. The molecule has 0 radical (unpaired) electrons. The molecule has 11 heteroatoms. The minimum Gasteiger partial charge on any atom is -0.494 e. The second-order valence-corrected chi connectivity index (χ2v) is 4.70. The van der Waals surface area contributed by atoms with E-state index in [9.17, 15) is 9.59 Å². The normalized spacial score (nSPS) is 10.7. The van der Waals surface area contributed by atoms with E-state index in [2.05, 4.69) is 38.0 Å². The molecule has 0 aliphatic heterocycles. The molecule has 2 rings (SSSR count). The molecule has 0 saturated heterocycles. The van der Waals surface area contributed by atoms with Crippen molar-refractivity contribution < 1.29 is 19.1 Å². The number of anilines is 1. The number of hydrogen-bond acceptors (Lipinski definition) is 10. The van der Waals surface area contributed by atoms with Crippen molar-refractivity contribution in [1.82, 2.24) is 9.97 Å². The van der Waals surface area contributed by atoms with Gasteiger partial charge in [-0.05, 0) is 6.92 Å². The summed E-state index contributed by atoms with van der Waals surface area (Å²) in [6.07, 6.45) is 4.25. The molecule has 5 N–H and O–H groups in total. The fourth-order valence-electron chi connectivity index (χ4n) is 2.12. The van der Waals surface area contributed by atoms with Crippen molar-refractivity contribution in [1.29, 1.82) is 0 Å². The summed E-state index contributed by atoms with van der Waals surface area (Å²) >= 11 is 6.44. The SMILES string of the molecule is COC(=O)C(=O)c1c[nH]c2c(N(N)/C=C(/C)N)ncc(OC)c12.SS. The van der Waals surface area contributed by atoms with Gasteiger partial charge in [-0.1, -0.05) is 0 Å². The Bertz CT molecular complexity index is 802. The first-order chi connectivity index (χ1) is 11.9. The van der Waals surface area contributed by atoms with Gasteiger partial charge in [0.2, 0.25) is 0 Å². The summed E-state index contributed by atoms with van der Waals surface area (Å²) in [5.41, 5.74) is 6.60. The van der Waals surface area contributed by atoms with E-state index in [0.29, 0.717) is 28.2 Å². The third-order valence-electron chi connectivity index (χ3n) is 3.08. The van der Waals surface area contributed by atoms with E-state index >= 15 is 0 Å². The van der Waals surface area contributed by atoms with Gasteiger partial charge in [0.25, 0.3) is 5.78 Å². The van der Waals surface area contributed by atoms with Crippen LogP contribution in [0.5, 0.6) is 5.75 Å². The van der Waals surface area contributed by atoms with E-state index in [1.807, 2.05) is 0 Å². The predicted octanol–water partition coefficient (Wildman–Crippen LogP) is 1.19. The summed E-state index contributed by atoms with van der Waals surface area (Å²) < 4.78 is 9.69. The van der Waals surface area contributed by atoms with Gasteiger partial charge in [0.05, 0.1) is 36.9 Å². The molecule has 2 aromatic heterocycles. The lowest BCUT2D eigenvalue weighted by Gasteiger charge is -2.15. The van der Waals surface area contributed by atoms with E-state index in [1.165, 1.54) is 30.7 Å². The number of pyridine rings is 1. The molecule has 0 aliphatic rings. The minimum absolute atomic E-state index is 0.106. The highest BCUT2D eigenvalue weighted by molar-refractivity contribution is 8.59. The Hall–Kier alpha value is -2.37. The van der Waals surface area contributed by atoms with E-state index in [-0.39, 0.29) is 5.56 Å². The van der Waals surface area contributed by atoms with Crippen LogP contribution in [0.4, 0.5) is 5.82 Å². The number of H-pyrrole nitrogens is 1. The molecule has 0 spiro atoms. The second-order valence-electron chi connectivity index (χ2n) is 4.70. The van der Waals surface area contributed by atoms with Crippen LogP contribution in [0.15, 0.2) is 24.3 Å². The van der Waals surface area contributed by atoms with Crippen molar-refractivity contribution in [3.8, 4) is 5.75 Å². The number of hydrogen-bond donors (Lipinski definition) is 5. The molecule has 2 heterocycles. The number of fused-ring (bicyclic) bond motifs is 1. The van der Waals surface area contributed by atoms with Crippen LogP contribution >= 0.6 is 23.3 Å². The quantitative estimate of drug-likeness (QED) is 0.0984. The van der Waals surface area contributed by atoms with Crippen molar-refractivity contribution in [2.45, 2.75) is 6.92 Å². The van der Waals surface area contributed by atoms with Crippen molar-refractivity contribution in [3.63, 3.8) is 0 Å². The number of nitrogens with two attached hydrogens (primary N) is 2. The monoisotopic (exact) mass is 385 g/mol. The third kappa shape index (κ3) is 4.38.